The maximum Gasteiger partial charge on any atom is 0.146 e. The molecule has 1 unspecified atom stereocenters. The Bertz CT molecular complexity index is 548. The van der Waals surface area contributed by atoms with Gasteiger partial charge >= 0.3 is 0 Å². The lowest BCUT2D eigenvalue weighted by atomic mass is 10.00. The van der Waals surface area contributed by atoms with Crippen LogP contribution in [-0.4, -0.2) is 16.5 Å². The topological polar surface area (TPSA) is 37.8 Å². The number of aromatic nitrogens is 2. The van der Waals surface area contributed by atoms with Gasteiger partial charge in [0, 0.05) is 30.2 Å². The lowest BCUT2D eigenvalue weighted by Gasteiger charge is -2.19. The second kappa shape index (κ2) is 6.59. The van der Waals surface area contributed by atoms with Crippen LogP contribution in [0.5, 0.6) is 0 Å². The summed E-state index contributed by atoms with van der Waals surface area (Å²) in [7, 11) is 0. The Hall–Kier alpha value is -1.52. The number of nitrogens with one attached hydrogen (secondary N) is 1. The Morgan fingerprint density at radius 1 is 1.26 bits per heavy atom. The van der Waals surface area contributed by atoms with Crippen molar-refractivity contribution in [3.63, 3.8) is 0 Å². The molecule has 1 N–H and O–H groups in total. The van der Waals surface area contributed by atoms with Crippen LogP contribution in [0.3, 0.4) is 0 Å². The van der Waals surface area contributed by atoms with Crippen molar-refractivity contribution in [1.29, 1.82) is 0 Å². The molecule has 2 rings (SSSR count). The molecule has 0 aliphatic heterocycles. The van der Waals surface area contributed by atoms with E-state index < -0.39 is 0 Å². The SMILES string of the molecule is CCNC(Cc1ccncc1Cl)c1ccncc1F. The minimum Gasteiger partial charge on any atom is -0.310 e. The van der Waals surface area contributed by atoms with Crippen molar-refractivity contribution in [3.8, 4) is 0 Å². The van der Waals surface area contributed by atoms with Gasteiger partial charge in [-0.2, -0.15) is 0 Å². The molecule has 2 aromatic heterocycles. The van der Waals surface area contributed by atoms with Gasteiger partial charge in [-0.15, -0.1) is 0 Å². The van der Waals surface area contributed by atoms with Crippen LogP contribution in [0.25, 0.3) is 0 Å². The highest BCUT2D eigenvalue weighted by Crippen LogP contribution is 2.24. The van der Waals surface area contributed by atoms with Gasteiger partial charge in [-0.05, 0) is 30.7 Å². The summed E-state index contributed by atoms with van der Waals surface area (Å²) in [5, 5.41) is 3.87. The number of hydrogen-bond donors (Lipinski definition) is 1. The molecule has 0 aromatic carbocycles. The summed E-state index contributed by atoms with van der Waals surface area (Å²) in [4.78, 5) is 7.73. The van der Waals surface area contributed by atoms with E-state index in [1.54, 1.807) is 24.7 Å². The fraction of sp³-hybridized carbons (Fsp3) is 0.286. The van der Waals surface area contributed by atoms with E-state index in [2.05, 4.69) is 15.3 Å². The summed E-state index contributed by atoms with van der Waals surface area (Å²) in [6, 6.07) is 3.41. The van der Waals surface area contributed by atoms with Gasteiger partial charge in [0.15, 0.2) is 0 Å². The summed E-state index contributed by atoms with van der Waals surface area (Å²) in [6.07, 6.45) is 6.72. The smallest absolute Gasteiger partial charge is 0.146 e. The number of pyridine rings is 2. The van der Waals surface area contributed by atoms with Gasteiger partial charge in [0.2, 0.25) is 0 Å². The van der Waals surface area contributed by atoms with Crippen LogP contribution in [0, 0.1) is 5.82 Å². The van der Waals surface area contributed by atoms with Crippen LogP contribution < -0.4 is 5.32 Å². The quantitative estimate of drug-likeness (QED) is 0.914. The molecular weight excluding hydrogens is 265 g/mol. The molecule has 1 atom stereocenters. The largest absolute Gasteiger partial charge is 0.310 e. The van der Waals surface area contributed by atoms with Gasteiger partial charge in [0.05, 0.1) is 11.2 Å². The third-order valence-electron chi connectivity index (χ3n) is 2.91. The van der Waals surface area contributed by atoms with E-state index in [1.165, 1.54) is 6.20 Å². The highest BCUT2D eigenvalue weighted by molar-refractivity contribution is 6.31. The minimum absolute atomic E-state index is 0.132. The zero-order valence-electron chi connectivity index (χ0n) is 10.6. The number of hydrogen-bond acceptors (Lipinski definition) is 3. The van der Waals surface area contributed by atoms with Crippen molar-refractivity contribution in [3.05, 3.63) is 58.9 Å². The number of nitrogens with zero attached hydrogens (tertiary/aromatic N) is 2. The monoisotopic (exact) mass is 279 g/mol. The van der Waals surface area contributed by atoms with Crippen molar-refractivity contribution >= 4 is 11.6 Å². The first-order valence-electron chi connectivity index (χ1n) is 6.13. The zero-order valence-corrected chi connectivity index (χ0v) is 11.4. The van der Waals surface area contributed by atoms with E-state index in [0.717, 1.165) is 12.1 Å². The first kappa shape index (κ1) is 13.9. The molecular formula is C14H15ClFN3. The predicted molar refractivity (Wildman–Crippen MR) is 73.6 cm³/mol. The van der Waals surface area contributed by atoms with Crippen LogP contribution in [0.1, 0.15) is 24.1 Å². The summed E-state index contributed by atoms with van der Waals surface area (Å²) in [6.45, 7) is 2.73. The normalized spacial score (nSPS) is 12.4. The molecule has 0 bridgehead atoms. The molecule has 2 aromatic rings. The molecule has 0 aliphatic carbocycles. The molecule has 5 heteroatoms. The van der Waals surface area contributed by atoms with E-state index in [1.807, 2.05) is 13.0 Å². The third-order valence-corrected chi connectivity index (χ3v) is 3.25. The Kier molecular flexibility index (Phi) is 4.82. The van der Waals surface area contributed by atoms with Gasteiger partial charge in [-0.1, -0.05) is 18.5 Å². The molecule has 0 radical (unpaired) electrons. The highest BCUT2D eigenvalue weighted by Gasteiger charge is 2.16. The van der Waals surface area contributed by atoms with Crippen LogP contribution in [0.2, 0.25) is 5.02 Å². The van der Waals surface area contributed by atoms with Gasteiger partial charge in [-0.25, -0.2) is 4.39 Å². The molecule has 0 saturated heterocycles. The van der Waals surface area contributed by atoms with E-state index >= 15 is 0 Å². The number of halogens is 2. The molecule has 2 heterocycles. The molecule has 0 aliphatic rings. The molecule has 0 amide bonds. The Labute approximate surface area is 116 Å². The average Bonchev–Trinajstić information content (AvgIpc) is 2.41. The Morgan fingerprint density at radius 3 is 2.68 bits per heavy atom. The van der Waals surface area contributed by atoms with E-state index in [9.17, 15) is 4.39 Å². The van der Waals surface area contributed by atoms with Gasteiger partial charge in [0.1, 0.15) is 5.82 Å². The first-order chi connectivity index (χ1) is 9.22. The van der Waals surface area contributed by atoms with Gasteiger partial charge < -0.3 is 5.32 Å². The zero-order chi connectivity index (χ0) is 13.7. The Balaban J connectivity index is 2.27. The lowest BCUT2D eigenvalue weighted by molar-refractivity contribution is 0.507. The molecule has 0 spiro atoms. The fourth-order valence-electron chi connectivity index (χ4n) is 2.00. The van der Waals surface area contributed by atoms with Crippen LogP contribution in [0.4, 0.5) is 4.39 Å². The van der Waals surface area contributed by atoms with Crippen molar-refractivity contribution in [2.75, 3.05) is 6.54 Å². The second-order valence-electron chi connectivity index (χ2n) is 4.18. The summed E-state index contributed by atoms with van der Waals surface area (Å²) < 4.78 is 13.8. The number of likely N-dealkylation sites (N-methyl/N-ethyl adjacent to an activating group) is 1. The van der Waals surface area contributed by atoms with Gasteiger partial charge in [-0.3, -0.25) is 9.97 Å². The standard InChI is InChI=1S/C14H15ClFN3/c1-2-19-14(11-4-6-18-9-13(11)16)7-10-3-5-17-8-12(10)15/h3-6,8-9,14,19H,2,7H2,1H3. The Morgan fingerprint density at radius 2 is 2.00 bits per heavy atom. The van der Waals surface area contributed by atoms with Crippen molar-refractivity contribution in [2.45, 2.75) is 19.4 Å². The first-order valence-corrected chi connectivity index (χ1v) is 6.51. The summed E-state index contributed by atoms with van der Waals surface area (Å²) in [5.41, 5.74) is 1.54. The molecule has 3 nitrogen and oxygen atoms in total. The van der Waals surface area contributed by atoms with Crippen LogP contribution in [-0.2, 0) is 6.42 Å². The minimum atomic E-state index is -0.307. The van der Waals surface area contributed by atoms with Crippen LogP contribution >= 0.6 is 11.6 Å². The predicted octanol–water partition coefficient (Wildman–Crippen LogP) is 3.16. The second-order valence-corrected chi connectivity index (χ2v) is 4.59. The average molecular weight is 280 g/mol. The fourth-order valence-corrected chi connectivity index (χ4v) is 2.19. The molecule has 100 valence electrons. The molecule has 0 saturated carbocycles. The third kappa shape index (κ3) is 3.49. The summed E-state index contributed by atoms with van der Waals surface area (Å²) >= 11 is 6.10. The molecule has 19 heavy (non-hydrogen) atoms. The van der Waals surface area contributed by atoms with E-state index in [0.29, 0.717) is 17.0 Å². The van der Waals surface area contributed by atoms with Crippen molar-refractivity contribution < 1.29 is 4.39 Å². The van der Waals surface area contributed by atoms with Crippen molar-refractivity contribution in [1.82, 2.24) is 15.3 Å². The van der Waals surface area contributed by atoms with Gasteiger partial charge in [0.25, 0.3) is 0 Å². The summed E-state index contributed by atoms with van der Waals surface area (Å²) in [5.74, 6) is -0.307. The molecule has 0 fully saturated rings. The number of rotatable bonds is 5. The lowest BCUT2D eigenvalue weighted by Crippen LogP contribution is -2.24. The van der Waals surface area contributed by atoms with E-state index in [4.69, 9.17) is 11.6 Å². The van der Waals surface area contributed by atoms with Crippen molar-refractivity contribution in [2.24, 2.45) is 0 Å². The van der Waals surface area contributed by atoms with Crippen LogP contribution in [0.15, 0.2) is 36.9 Å². The maximum atomic E-state index is 13.8. The highest BCUT2D eigenvalue weighted by atomic mass is 35.5. The van der Waals surface area contributed by atoms with E-state index in [-0.39, 0.29) is 11.9 Å². The maximum absolute atomic E-state index is 13.8.